The number of pyridine rings is 1. The predicted molar refractivity (Wildman–Crippen MR) is 133 cm³/mol. The Morgan fingerprint density at radius 1 is 1.09 bits per heavy atom. The number of carbonyl (C=O) groups is 1. The van der Waals surface area contributed by atoms with Crippen LogP contribution in [0.3, 0.4) is 0 Å². The number of amides is 1. The predicted octanol–water partition coefficient (Wildman–Crippen LogP) is 3.72. The molecule has 0 aliphatic carbocycles. The van der Waals surface area contributed by atoms with E-state index >= 15 is 0 Å². The Labute approximate surface area is 203 Å². The normalized spacial score (nSPS) is 18.3. The molecule has 0 radical (unpaired) electrons. The molecule has 3 heterocycles. The summed E-state index contributed by atoms with van der Waals surface area (Å²) in [6, 6.07) is 20.8. The number of ether oxygens (including phenoxy) is 1. The number of nitriles is 1. The summed E-state index contributed by atoms with van der Waals surface area (Å²) in [7, 11) is 0. The van der Waals surface area contributed by atoms with Gasteiger partial charge in [0.05, 0.1) is 12.1 Å². The summed E-state index contributed by atoms with van der Waals surface area (Å²) < 4.78 is 7.44. The number of aromatic nitrogens is 1. The highest BCUT2D eigenvalue weighted by Gasteiger charge is 2.60. The second kappa shape index (κ2) is 8.48. The number of hydrogen-bond acceptors (Lipinski definition) is 5. The first-order chi connectivity index (χ1) is 16.9. The van der Waals surface area contributed by atoms with E-state index in [2.05, 4.69) is 13.0 Å². The highest BCUT2D eigenvalue weighted by atomic mass is 16.5. The van der Waals surface area contributed by atoms with Crippen LogP contribution in [-0.4, -0.2) is 17.0 Å². The van der Waals surface area contributed by atoms with Gasteiger partial charge in [-0.1, -0.05) is 61.9 Å². The molecule has 2 aromatic carbocycles. The molecule has 1 atom stereocenters. The number of hydrogen-bond donors (Lipinski definition) is 1. The Balaban J connectivity index is 1.83. The van der Waals surface area contributed by atoms with Gasteiger partial charge in [-0.3, -0.25) is 9.59 Å². The van der Waals surface area contributed by atoms with Crippen molar-refractivity contribution in [2.75, 3.05) is 11.4 Å². The molecule has 0 saturated heterocycles. The summed E-state index contributed by atoms with van der Waals surface area (Å²) in [4.78, 5) is 30.2. The molecule has 176 valence electrons. The Bertz CT molecular complexity index is 1470. The van der Waals surface area contributed by atoms with Gasteiger partial charge < -0.3 is 19.9 Å². The second-order valence-corrected chi connectivity index (χ2v) is 8.93. The summed E-state index contributed by atoms with van der Waals surface area (Å²) in [5.41, 5.74) is 7.19. The van der Waals surface area contributed by atoms with E-state index in [0.717, 1.165) is 18.4 Å². The molecule has 0 fully saturated rings. The highest BCUT2D eigenvalue weighted by molar-refractivity contribution is 6.14. The van der Waals surface area contributed by atoms with Crippen LogP contribution in [0.1, 0.15) is 42.1 Å². The third kappa shape index (κ3) is 3.17. The molecule has 1 unspecified atom stereocenters. The molecular weight excluding hydrogens is 440 g/mol. The van der Waals surface area contributed by atoms with Gasteiger partial charge in [-0.2, -0.15) is 5.26 Å². The van der Waals surface area contributed by atoms with Crippen LogP contribution in [0.15, 0.2) is 76.9 Å². The molecule has 2 aliphatic heterocycles. The smallest absolute Gasteiger partial charge is 0.259 e. The summed E-state index contributed by atoms with van der Waals surface area (Å²) in [6.45, 7) is 4.67. The zero-order valence-corrected chi connectivity index (χ0v) is 19.7. The molecule has 5 rings (SSSR count). The molecule has 2 aliphatic rings. The van der Waals surface area contributed by atoms with Gasteiger partial charge in [0, 0.05) is 29.6 Å². The Morgan fingerprint density at radius 2 is 1.80 bits per heavy atom. The quantitative estimate of drug-likeness (QED) is 0.618. The van der Waals surface area contributed by atoms with Gasteiger partial charge in [0.2, 0.25) is 11.8 Å². The molecule has 2 N–H and O–H groups in total. The number of unbranched alkanes of at least 4 members (excludes halogenated alkanes) is 1. The van der Waals surface area contributed by atoms with Crippen LogP contribution >= 0.6 is 0 Å². The lowest BCUT2D eigenvalue weighted by molar-refractivity contribution is -0.121. The van der Waals surface area contributed by atoms with Crippen LogP contribution in [0.25, 0.3) is 0 Å². The number of fused-ring (bicyclic) bond motifs is 4. The lowest BCUT2D eigenvalue weighted by atomic mass is 9.69. The van der Waals surface area contributed by atoms with Crippen molar-refractivity contribution in [3.8, 4) is 11.8 Å². The Hall–Kier alpha value is -4.31. The number of carbonyl (C=O) groups excluding carboxylic acids is 1. The monoisotopic (exact) mass is 466 g/mol. The van der Waals surface area contributed by atoms with Crippen LogP contribution in [0.4, 0.5) is 5.69 Å². The number of aryl methyl sites for hydroxylation is 1. The van der Waals surface area contributed by atoms with Crippen molar-refractivity contribution >= 4 is 11.6 Å². The fourth-order valence-electron chi connectivity index (χ4n) is 5.22. The molecule has 7 nitrogen and oxygen atoms in total. The molecular formula is C28H26N4O3. The number of benzene rings is 2. The first-order valence-electron chi connectivity index (χ1n) is 11.7. The van der Waals surface area contributed by atoms with Crippen LogP contribution in [0.5, 0.6) is 5.75 Å². The van der Waals surface area contributed by atoms with Crippen LogP contribution in [0, 0.1) is 18.3 Å². The van der Waals surface area contributed by atoms with Crippen molar-refractivity contribution < 1.29 is 9.53 Å². The van der Waals surface area contributed by atoms with Crippen molar-refractivity contribution in [2.45, 2.75) is 38.6 Å². The largest absolute Gasteiger partial charge is 0.440 e. The van der Waals surface area contributed by atoms with Gasteiger partial charge in [0.25, 0.3) is 5.56 Å². The molecule has 1 aromatic heterocycles. The van der Waals surface area contributed by atoms with Gasteiger partial charge in [0.1, 0.15) is 17.4 Å². The Morgan fingerprint density at radius 3 is 2.51 bits per heavy atom. The standard InChI is InChI=1S/C28H26N4O3/c1-3-4-14-31-22-13-9-8-12-20(22)28(27(31)34)21(16-29)25(30)35-23-15-18(2)32(26(33)24(23)28)17-19-10-6-5-7-11-19/h5-13,15H,3-4,14,17,30H2,1-2H3. The maximum Gasteiger partial charge on any atom is 0.259 e. The molecule has 0 bridgehead atoms. The van der Waals surface area contributed by atoms with Gasteiger partial charge >= 0.3 is 0 Å². The fourth-order valence-corrected chi connectivity index (χ4v) is 5.22. The van der Waals surface area contributed by atoms with Crippen molar-refractivity contribution in [3.05, 3.63) is 105 Å². The van der Waals surface area contributed by atoms with E-state index in [1.807, 2.05) is 55.5 Å². The van der Waals surface area contributed by atoms with E-state index in [1.54, 1.807) is 21.6 Å². The fraction of sp³-hybridized carbons (Fsp3) is 0.250. The molecule has 1 amide bonds. The van der Waals surface area contributed by atoms with Gasteiger partial charge in [-0.05, 0) is 25.0 Å². The number of anilines is 1. The van der Waals surface area contributed by atoms with Crippen LogP contribution in [-0.2, 0) is 16.8 Å². The maximum absolute atomic E-state index is 14.3. The molecule has 0 saturated carbocycles. The van der Waals surface area contributed by atoms with Crippen molar-refractivity contribution in [3.63, 3.8) is 0 Å². The molecule has 7 heteroatoms. The third-order valence-corrected chi connectivity index (χ3v) is 6.88. The summed E-state index contributed by atoms with van der Waals surface area (Å²) in [5.74, 6) is -0.280. The van der Waals surface area contributed by atoms with E-state index in [1.165, 1.54) is 0 Å². The van der Waals surface area contributed by atoms with Gasteiger partial charge in [-0.15, -0.1) is 0 Å². The molecule has 3 aromatic rings. The lowest BCUT2D eigenvalue weighted by Crippen LogP contribution is -2.50. The number of para-hydroxylation sites is 1. The zero-order valence-electron chi connectivity index (χ0n) is 19.7. The minimum atomic E-state index is -1.65. The van der Waals surface area contributed by atoms with Gasteiger partial charge in [0.15, 0.2) is 5.41 Å². The lowest BCUT2D eigenvalue weighted by Gasteiger charge is -2.34. The van der Waals surface area contributed by atoms with E-state index in [0.29, 0.717) is 30.0 Å². The van der Waals surface area contributed by atoms with Crippen molar-refractivity contribution in [1.82, 2.24) is 4.57 Å². The zero-order chi connectivity index (χ0) is 24.7. The first-order valence-corrected chi connectivity index (χ1v) is 11.7. The number of rotatable bonds is 5. The average molecular weight is 467 g/mol. The third-order valence-electron chi connectivity index (χ3n) is 6.88. The summed E-state index contributed by atoms with van der Waals surface area (Å²) >= 11 is 0. The second-order valence-electron chi connectivity index (χ2n) is 8.93. The molecule has 35 heavy (non-hydrogen) atoms. The number of nitrogens with zero attached hydrogens (tertiary/aromatic N) is 3. The van der Waals surface area contributed by atoms with E-state index in [-0.39, 0.29) is 34.2 Å². The summed E-state index contributed by atoms with van der Waals surface area (Å²) in [6.07, 6.45) is 1.68. The van der Waals surface area contributed by atoms with Crippen molar-refractivity contribution in [1.29, 1.82) is 5.26 Å². The SMILES string of the molecule is CCCCN1C(=O)C2(C(C#N)=C(N)Oc3cc(C)n(Cc4ccccc4)c(=O)c32)c2ccccc21. The summed E-state index contributed by atoms with van der Waals surface area (Å²) in [5, 5.41) is 10.2. The van der Waals surface area contributed by atoms with Gasteiger partial charge in [-0.25, -0.2) is 0 Å². The highest BCUT2D eigenvalue weighted by Crippen LogP contribution is 2.54. The van der Waals surface area contributed by atoms with E-state index in [4.69, 9.17) is 10.5 Å². The van der Waals surface area contributed by atoms with E-state index < -0.39 is 5.41 Å². The van der Waals surface area contributed by atoms with Crippen LogP contribution < -0.4 is 20.9 Å². The average Bonchev–Trinajstić information content (AvgIpc) is 3.09. The van der Waals surface area contributed by atoms with Crippen molar-refractivity contribution in [2.24, 2.45) is 5.73 Å². The maximum atomic E-state index is 14.3. The van der Waals surface area contributed by atoms with E-state index in [9.17, 15) is 14.9 Å². The first kappa shape index (κ1) is 22.5. The Kier molecular flexibility index (Phi) is 5.45. The minimum Gasteiger partial charge on any atom is -0.440 e. The van der Waals surface area contributed by atoms with Crippen LogP contribution in [0.2, 0.25) is 0 Å². The molecule has 1 spiro atoms. The topological polar surface area (TPSA) is 101 Å². The number of nitrogens with two attached hydrogens (primary N) is 1. The minimum absolute atomic E-state index is 0.0475.